The highest BCUT2D eigenvalue weighted by Crippen LogP contribution is 2.05. The highest BCUT2D eigenvalue weighted by atomic mass is 16.4. The van der Waals surface area contributed by atoms with E-state index < -0.39 is 11.5 Å². The van der Waals surface area contributed by atoms with Gasteiger partial charge in [0.2, 0.25) is 0 Å². The molecule has 4 heteroatoms. The third kappa shape index (κ3) is 2.59. The first-order valence-corrected chi connectivity index (χ1v) is 4.02. The predicted octanol–water partition coefficient (Wildman–Crippen LogP) is 1.23. The third-order valence-electron chi connectivity index (χ3n) is 1.85. The molecule has 0 bridgehead atoms. The standard InChI is InChI=1S/C9H13NO3/c1-9(2,8(11)12)10-5-7-3-4-13-6-7/h3-4,6,10H,5H2,1-2H3,(H,11,12). The number of hydrogen-bond acceptors (Lipinski definition) is 3. The van der Waals surface area contributed by atoms with Crippen LogP contribution in [-0.2, 0) is 11.3 Å². The van der Waals surface area contributed by atoms with Crippen molar-refractivity contribution in [3.05, 3.63) is 24.2 Å². The molecule has 0 fully saturated rings. The van der Waals surface area contributed by atoms with E-state index in [-0.39, 0.29) is 0 Å². The number of hydrogen-bond donors (Lipinski definition) is 2. The number of furan rings is 1. The quantitative estimate of drug-likeness (QED) is 0.737. The molecule has 0 spiro atoms. The first kappa shape index (κ1) is 9.80. The minimum absolute atomic E-state index is 0.496. The van der Waals surface area contributed by atoms with Gasteiger partial charge in [-0.2, -0.15) is 0 Å². The van der Waals surface area contributed by atoms with Crippen LogP contribution in [-0.4, -0.2) is 16.6 Å². The Morgan fingerprint density at radius 3 is 2.85 bits per heavy atom. The maximum Gasteiger partial charge on any atom is 0.323 e. The van der Waals surface area contributed by atoms with Crippen LogP contribution in [0, 0.1) is 0 Å². The molecule has 1 heterocycles. The van der Waals surface area contributed by atoms with Crippen LogP contribution < -0.4 is 5.32 Å². The van der Waals surface area contributed by atoms with Gasteiger partial charge in [0.15, 0.2) is 0 Å². The van der Waals surface area contributed by atoms with Crippen molar-refractivity contribution >= 4 is 5.97 Å². The third-order valence-corrected chi connectivity index (χ3v) is 1.85. The topological polar surface area (TPSA) is 62.5 Å². The Hall–Kier alpha value is -1.29. The van der Waals surface area contributed by atoms with Crippen molar-refractivity contribution in [3.63, 3.8) is 0 Å². The van der Waals surface area contributed by atoms with E-state index in [0.29, 0.717) is 6.54 Å². The van der Waals surface area contributed by atoms with Gasteiger partial charge in [-0.15, -0.1) is 0 Å². The van der Waals surface area contributed by atoms with Gasteiger partial charge >= 0.3 is 5.97 Å². The lowest BCUT2D eigenvalue weighted by molar-refractivity contribution is -0.143. The lowest BCUT2D eigenvalue weighted by Gasteiger charge is -2.20. The Kier molecular flexibility index (Phi) is 2.72. The van der Waals surface area contributed by atoms with E-state index in [9.17, 15) is 4.79 Å². The summed E-state index contributed by atoms with van der Waals surface area (Å²) in [5.74, 6) is -0.865. The molecule has 0 aliphatic rings. The van der Waals surface area contributed by atoms with E-state index in [2.05, 4.69) is 5.32 Å². The molecule has 13 heavy (non-hydrogen) atoms. The summed E-state index contributed by atoms with van der Waals surface area (Å²) in [6, 6.07) is 1.80. The average Bonchev–Trinajstić information content (AvgIpc) is 2.52. The van der Waals surface area contributed by atoms with E-state index in [0.717, 1.165) is 5.56 Å². The maximum absolute atomic E-state index is 10.7. The fourth-order valence-corrected chi connectivity index (χ4v) is 0.792. The number of aliphatic carboxylic acids is 1. The largest absolute Gasteiger partial charge is 0.480 e. The van der Waals surface area contributed by atoms with Crippen molar-refractivity contribution in [1.82, 2.24) is 5.32 Å². The van der Waals surface area contributed by atoms with E-state index in [1.807, 2.05) is 0 Å². The van der Waals surface area contributed by atoms with Crippen LogP contribution in [0.1, 0.15) is 19.4 Å². The zero-order chi connectivity index (χ0) is 9.90. The summed E-state index contributed by atoms with van der Waals surface area (Å²) < 4.78 is 4.85. The van der Waals surface area contributed by atoms with Gasteiger partial charge in [0.05, 0.1) is 12.5 Å². The fraction of sp³-hybridized carbons (Fsp3) is 0.444. The molecule has 0 aromatic carbocycles. The fourth-order valence-electron chi connectivity index (χ4n) is 0.792. The van der Waals surface area contributed by atoms with Crippen LogP contribution in [0.2, 0.25) is 0 Å². The Bertz CT molecular complexity index is 277. The molecule has 4 nitrogen and oxygen atoms in total. The number of carbonyl (C=O) groups is 1. The Morgan fingerprint density at radius 2 is 2.38 bits per heavy atom. The molecule has 1 rings (SSSR count). The summed E-state index contributed by atoms with van der Waals surface area (Å²) in [7, 11) is 0. The highest BCUT2D eigenvalue weighted by molar-refractivity contribution is 5.77. The second-order valence-corrected chi connectivity index (χ2v) is 3.42. The van der Waals surface area contributed by atoms with E-state index in [1.165, 1.54) is 0 Å². The molecule has 0 radical (unpaired) electrons. The summed E-state index contributed by atoms with van der Waals surface area (Å²) in [6.07, 6.45) is 3.15. The smallest absolute Gasteiger partial charge is 0.323 e. The minimum Gasteiger partial charge on any atom is -0.480 e. The summed E-state index contributed by atoms with van der Waals surface area (Å²) >= 11 is 0. The average molecular weight is 183 g/mol. The molecule has 0 aliphatic heterocycles. The number of nitrogens with one attached hydrogen (secondary N) is 1. The van der Waals surface area contributed by atoms with Crippen LogP contribution in [0.3, 0.4) is 0 Å². The second kappa shape index (κ2) is 3.62. The first-order valence-electron chi connectivity index (χ1n) is 4.02. The van der Waals surface area contributed by atoms with Gasteiger partial charge in [0, 0.05) is 12.1 Å². The van der Waals surface area contributed by atoms with Crippen molar-refractivity contribution in [2.45, 2.75) is 25.9 Å². The maximum atomic E-state index is 10.7. The number of carboxylic acid groups (broad SMARTS) is 1. The molecule has 0 aliphatic carbocycles. The SMILES string of the molecule is CC(C)(NCc1ccoc1)C(=O)O. The highest BCUT2D eigenvalue weighted by Gasteiger charge is 2.25. The Morgan fingerprint density at radius 1 is 1.69 bits per heavy atom. The van der Waals surface area contributed by atoms with E-state index in [1.54, 1.807) is 32.4 Å². The molecule has 2 N–H and O–H groups in total. The van der Waals surface area contributed by atoms with Crippen LogP contribution in [0.25, 0.3) is 0 Å². The second-order valence-electron chi connectivity index (χ2n) is 3.42. The number of rotatable bonds is 4. The van der Waals surface area contributed by atoms with Crippen molar-refractivity contribution in [2.24, 2.45) is 0 Å². The van der Waals surface area contributed by atoms with Crippen molar-refractivity contribution < 1.29 is 14.3 Å². The van der Waals surface area contributed by atoms with Gasteiger partial charge in [-0.1, -0.05) is 0 Å². The monoisotopic (exact) mass is 183 g/mol. The zero-order valence-corrected chi connectivity index (χ0v) is 7.70. The van der Waals surface area contributed by atoms with Crippen molar-refractivity contribution in [3.8, 4) is 0 Å². The summed E-state index contributed by atoms with van der Waals surface area (Å²) in [5, 5.41) is 11.7. The molecule has 1 aromatic heterocycles. The van der Waals surface area contributed by atoms with Crippen LogP contribution in [0.5, 0.6) is 0 Å². The Balaban J connectivity index is 2.47. The van der Waals surface area contributed by atoms with E-state index >= 15 is 0 Å². The zero-order valence-electron chi connectivity index (χ0n) is 7.70. The summed E-state index contributed by atoms with van der Waals surface area (Å²) in [6.45, 7) is 3.74. The van der Waals surface area contributed by atoms with Gasteiger partial charge in [-0.3, -0.25) is 10.1 Å². The van der Waals surface area contributed by atoms with Gasteiger partial charge in [0.25, 0.3) is 0 Å². The number of carboxylic acids is 1. The molecular formula is C9H13NO3. The lowest BCUT2D eigenvalue weighted by atomic mass is 10.1. The van der Waals surface area contributed by atoms with Gasteiger partial charge in [0.1, 0.15) is 5.54 Å². The van der Waals surface area contributed by atoms with E-state index in [4.69, 9.17) is 9.52 Å². The molecule has 72 valence electrons. The molecule has 0 unspecified atom stereocenters. The molecule has 0 amide bonds. The van der Waals surface area contributed by atoms with Crippen LogP contribution >= 0.6 is 0 Å². The van der Waals surface area contributed by atoms with Gasteiger partial charge in [-0.25, -0.2) is 0 Å². The normalized spacial score (nSPS) is 11.5. The van der Waals surface area contributed by atoms with Gasteiger partial charge < -0.3 is 9.52 Å². The molecule has 1 aromatic rings. The minimum atomic E-state index is -0.905. The lowest BCUT2D eigenvalue weighted by Crippen LogP contribution is -2.46. The summed E-state index contributed by atoms with van der Waals surface area (Å²) in [4.78, 5) is 10.7. The van der Waals surface area contributed by atoms with Gasteiger partial charge in [-0.05, 0) is 19.9 Å². The first-order chi connectivity index (χ1) is 6.02. The van der Waals surface area contributed by atoms with Crippen molar-refractivity contribution in [1.29, 1.82) is 0 Å². The predicted molar refractivity (Wildman–Crippen MR) is 47.3 cm³/mol. The van der Waals surface area contributed by atoms with Crippen molar-refractivity contribution in [2.75, 3.05) is 0 Å². The Labute approximate surface area is 76.6 Å². The summed E-state index contributed by atoms with van der Waals surface area (Å²) in [5.41, 5.74) is 0.0337. The molecule has 0 saturated carbocycles. The molecular weight excluding hydrogens is 170 g/mol. The molecule has 0 saturated heterocycles. The van der Waals surface area contributed by atoms with Crippen LogP contribution in [0.15, 0.2) is 23.0 Å². The molecule has 0 atom stereocenters. The van der Waals surface area contributed by atoms with Crippen LogP contribution in [0.4, 0.5) is 0 Å².